The highest BCUT2D eigenvalue weighted by Crippen LogP contribution is 2.34. The van der Waals surface area contributed by atoms with E-state index in [0.717, 1.165) is 4.90 Å². The molecule has 0 spiro atoms. The van der Waals surface area contributed by atoms with Gasteiger partial charge in [-0.05, 0) is 43.3 Å². The van der Waals surface area contributed by atoms with Crippen molar-refractivity contribution in [3.05, 3.63) is 62.1 Å². The van der Waals surface area contributed by atoms with Gasteiger partial charge in [-0.15, -0.1) is 11.8 Å². The molecule has 2 aromatic carbocycles. The summed E-state index contributed by atoms with van der Waals surface area (Å²) < 4.78 is 0. The first kappa shape index (κ1) is 17.0. The highest BCUT2D eigenvalue weighted by molar-refractivity contribution is 8.00. The van der Waals surface area contributed by atoms with Crippen LogP contribution in [0.4, 0.5) is 0 Å². The second-order valence-corrected chi connectivity index (χ2v) is 7.39. The number of rotatable bonds is 4. The second-order valence-electron chi connectivity index (χ2n) is 4.32. The Labute approximate surface area is 147 Å². The lowest BCUT2D eigenvalue weighted by atomic mass is 10.1. The third-order valence-corrected chi connectivity index (χ3v) is 5.15. The van der Waals surface area contributed by atoms with E-state index in [-0.39, 0.29) is 11.0 Å². The van der Waals surface area contributed by atoms with Gasteiger partial charge in [0, 0.05) is 20.5 Å². The van der Waals surface area contributed by atoms with Crippen LogP contribution in [0.25, 0.3) is 0 Å². The molecule has 1 atom stereocenters. The van der Waals surface area contributed by atoms with Crippen LogP contribution in [0.15, 0.2) is 41.3 Å². The van der Waals surface area contributed by atoms with Crippen molar-refractivity contribution in [1.29, 1.82) is 0 Å². The lowest BCUT2D eigenvalue weighted by Crippen LogP contribution is -2.14. The van der Waals surface area contributed by atoms with E-state index in [4.69, 9.17) is 46.4 Å². The maximum absolute atomic E-state index is 12.5. The van der Waals surface area contributed by atoms with Crippen LogP contribution in [0.2, 0.25) is 20.1 Å². The maximum atomic E-state index is 12.5. The highest BCUT2D eigenvalue weighted by Gasteiger charge is 2.20. The van der Waals surface area contributed by atoms with Crippen molar-refractivity contribution in [2.24, 2.45) is 0 Å². The van der Waals surface area contributed by atoms with Crippen LogP contribution in [0.1, 0.15) is 17.3 Å². The van der Waals surface area contributed by atoms with Gasteiger partial charge in [0.2, 0.25) is 0 Å². The molecule has 0 heterocycles. The Kier molecular flexibility index (Phi) is 5.87. The van der Waals surface area contributed by atoms with Crippen molar-refractivity contribution < 1.29 is 4.79 Å². The molecule has 1 unspecified atom stereocenters. The van der Waals surface area contributed by atoms with E-state index in [1.165, 1.54) is 11.8 Å². The molecule has 0 fully saturated rings. The molecule has 6 heteroatoms. The first-order chi connectivity index (χ1) is 9.88. The molecule has 0 saturated carbocycles. The van der Waals surface area contributed by atoms with Crippen LogP contribution in [0.3, 0.4) is 0 Å². The summed E-state index contributed by atoms with van der Waals surface area (Å²) in [4.78, 5) is 13.2. The summed E-state index contributed by atoms with van der Waals surface area (Å²) >= 11 is 25.3. The molecule has 0 bridgehead atoms. The van der Waals surface area contributed by atoms with Crippen LogP contribution in [-0.2, 0) is 0 Å². The number of carbonyl (C=O) groups is 1. The summed E-state index contributed by atoms with van der Waals surface area (Å²) in [6, 6.07) is 9.98. The molecular formula is C15H10Cl4OS. The molecule has 110 valence electrons. The lowest BCUT2D eigenvalue weighted by molar-refractivity contribution is 0.0994. The molecule has 0 aliphatic heterocycles. The lowest BCUT2D eigenvalue weighted by Gasteiger charge is -2.13. The molecule has 0 radical (unpaired) electrons. The van der Waals surface area contributed by atoms with Crippen LogP contribution in [0, 0.1) is 0 Å². The highest BCUT2D eigenvalue weighted by atomic mass is 35.5. The van der Waals surface area contributed by atoms with Gasteiger partial charge in [0.1, 0.15) is 0 Å². The summed E-state index contributed by atoms with van der Waals surface area (Å²) in [5.74, 6) is -0.0855. The molecule has 0 aliphatic carbocycles. The van der Waals surface area contributed by atoms with Gasteiger partial charge in [0.25, 0.3) is 0 Å². The summed E-state index contributed by atoms with van der Waals surface area (Å²) in [6.07, 6.45) is 0. The molecule has 1 nitrogen and oxygen atoms in total. The number of halogens is 4. The average molecular weight is 380 g/mol. The van der Waals surface area contributed by atoms with Crippen LogP contribution in [0.5, 0.6) is 0 Å². The fraction of sp³-hybridized carbons (Fsp3) is 0.133. The largest absolute Gasteiger partial charge is 0.293 e. The van der Waals surface area contributed by atoms with Gasteiger partial charge >= 0.3 is 0 Å². The fourth-order valence-corrected chi connectivity index (χ4v) is 3.70. The number of Topliss-reactive ketones (excluding diaryl/α,β-unsaturated/α-hetero) is 1. The van der Waals surface area contributed by atoms with Gasteiger partial charge in [-0.1, -0.05) is 46.4 Å². The number of thioether (sulfide) groups is 1. The Morgan fingerprint density at radius 3 is 2.24 bits per heavy atom. The molecular weight excluding hydrogens is 370 g/mol. The zero-order chi connectivity index (χ0) is 15.6. The maximum Gasteiger partial charge on any atom is 0.177 e. The van der Waals surface area contributed by atoms with Crippen molar-refractivity contribution in [3.63, 3.8) is 0 Å². The van der Waals surface area contributed by atoms with Gasteiger partial charge < -0.3 is 0 Å². The average Bonchev–Trinajstić information content (AvgIpc) is 2.42. The minimum absolute atomic E-state index is 0.0855. The van der Waals surface area contributed by atoms with Gasteiger partial charge in [-0.2, -0.15) is 0 Å². The number of benzene rings is 2. The van der Waals surface area contributed by atoms with E-state index in [1.54, 1.807) is 43.3 Å². The standard InChI is InChI=1S/C15H10Cl4OS/c1-8(21-14-7-10(17)3-5-12(14)18)15(20)11-4-2-9(16)6-13(11)19/h2-8H,1H3. The van der Waals surface area contributed by atoms with E-state index in [0.29, 0.717) is 25.7 Å². The Balaban J connectivity index is 2.21. The van der Waals surface area contributed by atoms with Crippen LogP contribution in [-0.4, -0.2) is 11.0 Å². The molecule has 0 aliphatic rings. The van der Waals surface area contributed by atoms with Crippen molar-refractivity contribution in [3.8, 4) is 0 Å². The summed E-state index contributed by atoms with van der Waals surface area (Å²) in [5, 5.41) is 1.63. The quantitative estimate of drug-likeness (QED) is 0.436. The second kappa shape index (κ2) is 7.26. The summed E-state index contributed by atoms with van der Waals surface area (Å²) in [7, 11) is 0. The van der Waals surface area contributed by atoms with Crippen LogP contribution < -0.4 is 0 Å². The molecule has 0 amide bonds. The van der Waals surface area contributed by atoms with Gasteiger partial charge in [-0.25, -0.2) is 0 Å². The van der Waals surface area contributed by atoms with Crippen molar-refractivity contribution in [2.75, 3.05) is 0 Å². The molecule has 0 aromatic heterocycles. The summed E-state index contributed by atoms with van der Waals surface area (Å²) in [5.41, 5.74) is 0.444. The predicted octanol–water partition coefficient (Wildman–Crippen LogP) is 6.66. The Morgan fingerprint density at radius 2 is 1.57 bits per heavy atom. The topological polar surface area (TPSA) is 17.1 Å². The first-order valence-corrected chi connectivity index (χ1v) is 8.38. The fourth-order valence-electron chi connectivity index (χ4n) is 1.72. The molecule has 2 aromatic rings. The van der Waals surface area contributed by atoms with Gasteiger partial charge in [0.05, 0.1) is 15.3 Å². The van der Waals surface area contributed by atoms with Crippen molar-refractivity contribution in [2.45, 2.75) is 17.1 Å². The number of ketones is 1. The molecule has 21 heavy (non-hydrogen) atoms. The zero-order valence-corrected chi connectivity index (χ0v) is 14.7. The minimum atomic E-state index is -0.348. The third-order valence-electron chi connectivity index (χ3n) is 2.76. The normalized spacial score (nSPS) is 12.2. The predicted molar refractivity (Wildman–Crippen MR) is 92.6 cm³/mol. The number of hydrogen-bond donors (Lipinski definition) is 0. The Bertz CT molecular complexity index is 687. The third kappa shape index (κ3) is 4.30. The Hall–Kier alpha value is -0.380. The minimum Gasteiger partial charge on any atom is -0.293 e. The van der Waals surface area contributed by atoms with E-state index < -0.39 is 0 Å². The van der Waals surface area contributed by atoms with E-state index in [9.17, 15) is 4.79 Å². The summed E-state index contributed by atoms with van der Waals surface area (Å²) in [6.45, 7) is 1.80. The van der Waals surface area contributed by atoms with Gasteiger partial charge in [0.15, 0.2) is 5.78 Å². The van der Waals surface area contributed by atoms with Gasteiger partial charge in [-0.3, -0.25) is 4.79 Å². The van der Waals surface area contributed by atoms with E-state index in [1.807, 2.05) is 0 Å². The number of carbonyl (C=O) groups excluding carboxylic acids is 1. The van der Waals surface area contributed by atoms with Crippen molar-refractivity contribution in [1.82, 2.24) is 0 Å². The monoisotopic (exact) mass is 378 g/mol. The molecule has 0 saturated heterocycles. The Morgan fingerprint density at radius 1 is 0.952 bits per heavy atom. The first-order valence-electron chi connectivity index (χ1n) is 5.99. The SMILES string of the molecule is CC(Sc1cc(Cl)ccc1Cl)C(=O)c1ccc(Cl)cc1Cl. The molecule has 2 rings (SSSR count). The van der Waals surface area contributed by atoms with Crippen LogP contribution >= 0.6 is 58.2 Å². The van der Waals surface area contributed by atoms with Crippen molar-refractivity contribution >= 4 is 63.9 Å². The van der Waals surface area contributed by atoms with E-state index in [2.05, 4.69) is 0 Å². The van der Waals surface area contributed by atoms with E-state index >= 15 is 0 Å². The molecule has 0 N–H and O–H groups in total. The number of hydrogen-bond acceptors (Lipinski definition) is 2. The zero-order valence-electron chi connectivity index (χ0n) is 10.9. The smallest absolute Gasteiger partial charge is 0.177 e.